The van der Waals surface area contributed by atoms with E-state index < -0.39 is 0 Å². The van der Waals surface area contributed by atoms with Crippen LogP contribution in [-0.2, 0) is 4.74 Å². The molecular weight excluding hydrogens is 282 g/mol. The molecule has 1 fully saturated rings. The third-order valence-electron chi connectivity index (χ3n) is 3.92. The van der Waals surface area contributed by atoms with Crippen LogP contribution in [0.1, 0.15) is 25.7 Å². The van der Waals surface area contributed by atoms with E-state index in [1.54, 1.807) is 12.1 Å². The topological polar surface area (TPSA) is 67.6 Å². The minimum atomic E-state index is -0.343. The van der Waals surface area contributed by atoms with Gasteiger partial charge in [-0.25, -0.2) is 0 Å². The lowest BCUT2D eigenvalue weighted by Gasteiger charge is -2.26. The van der Waals surface area contributed by atoms with Gasteiger partial charge in [0, 0.05) is 25.7 Å². The summed E-state index contributed by atoms with van der Waals surface area (Å²) in [6.45, 7) is 5.77. The molecule has 0 radical (unpaired) electrons. The lowest BCUT2D eigenvalue weighted by molar-refractivity contribution is -0.384. The number of hydrogen-bond acceptors (Lipinski definition) is 5. The number of rotatable bonds is 9. The van der Waals surface area contributed by atoms with Crippen LogP contribution in [0, 0.1) is 10.1 Å². The van der Waals surface area contributed by atoms with Crippen molar-refractivity contribution in [1.82, 2.24) is 4.90 Å². The maximum Gasteiger partial charge on any atom is 0.292 e. The summed E-state index contributed by atoms with van der Waals surface area (Å²) in [5.41, 5.74) is 0.760. The van der Waals surface area contributed by atoms with Crippen molar-refractivity contribution in [2.24, 2.45) is 0 Å². The van der Waals surface area contributed by atoms with Crippen molar-refractivity contribution in [3.8, 4) is 0 Å². The molecule has 122 valence electrons. The summed E-state index contributed by atoms with van der Waals surface area (Å²) < 4.78 is 5.33. The molecule has 2 rings (SSSR count). The van der Waals surface area contributed by atoms with Gasteiger partial charge in [0.2, 0.25) is 0 Å². The Morgan fingerprint density at radius 3 is 2.64 bits per heavy atom. The molecule has 6 nitrogen and oxygen atoms in total. The Hall–Kier alpha value is -1.66. The number of nitrogens with one attached hydrogen (secondary N) is 1. The van der Waals surface area contributed by atoms with Gasteiger partial charge in [-0.3, -0.25) is 15.0 Å². The average Bonchev–Trinajstić information content (AvgIpc) is 2.55. The number of para-hydroxylation sites is 2. The standard InChI is InChI=1S/C16H25N3O3/c20-19(21)16-8-4-3-7-15(16)17-9-5-1-2-6-10-18-11-13-22-14-12-18/h3-4,7-8,17H,1-2,5-6,9-14H2. The number of hydrogen-bond donors (Lipinski definition) is 1. The van der Waals surface area contributed by atoms with Crippen LogP contribution in [0.15, 0.2) is 24.3 Å². The Morgan fingerprint density at radius 1 is 1.14 bits per heavy atom. The van der Waals surface area contributed by atoms with E-state index in [4.69, 9.17) is 4.74 Å². The Labute approximate surface area is 131 Å². The molecule has 0 bridgehead atoms. The Balaban J connectivity index is 1.55. The van der Waals surface area contributed by atoms with E-state index >= 15 is 0 Å². The van der Waals surface area contributed by atoms with Crippen molar-refractivity contribution in [2.45, 2.75) is 25.7 Å². The molecule has 22 heavy (non-hydrogen) atoms. The molecule has 0 aromatic heterocycles. The first-order chi connectivity index (χ1) is 10.8. The van der Waals surface area contributed by atoms with Crippen molar-refractivity contribution >= 4 is 11.4 Å². The first-order valence-electron chi connectivity index (χ1n) is 8.05. The van der Waals surface area contributed by atoms with Gasteiger partial charge in [-0.1, -0.05) is 25.0 Å². The third-order valence-corrected chi connectivity index (χ3v) is 3.92. The highest BCUT2D eigenvalue weighted by Crippen LogP contribution is 2.23. The third kappa shape index (κ3) is 5.61. The van der Waals surface area contributed by atoms with E-state index in [-0.39, 0.29) is 10.6 Å². The van der Waals surface area contributed by atoms with Gasteiger partial charge in [-0.15, -0.1) is 0 Å². The second-order valence-electron chi connectivity index (χ2n) is 5.57. The minimum absolute atomic E-state index is 0.148. The number of morpholine rings is 1. The number of unbranched alkanes of at least 4 members (excludes halogenated alkanes) is 3. The summed E-state index contributed by atoms with van der Waals surface area (Å²) in [5, 5.41) is 14.1. The second kappa shape index (κ2) is 9.38. The Bertz CT molecular complexity index is 462. The number of nitro benzene ring substituents is 1. The zero-order valence-electron chi connectivity index (χ0n) is 13.0. The van der Waals surface area contributed by atoms with Crippen LogP contribution in [0.3, 0.4) is 0 Å². The second-order valence-corrected chi connectivity index (χ2v) is 5.57. The number of anilines is 1. The van der Waals surface area contributed by atoms with E-state index in [1.807, 2.05) is 6.07 Å². The molecule has 1 aromatic rings. The van der Waals surface area contributed by atoms with E-state index in [1.165, 1.54) is 18.9 Å². The molecule has 6 heteroatoms. The lowest BCUT2D eigenvalue weighted by Crippen LogP contribution is -2.36. The number of ether oxygens (including phenoxy) is 1. The van der Waals surface area contributed by atoms with Crippen molar-refractivity contribution < 1.29 is 9.66 Å². The monoisotopic (exact) mass is 307 g/mol. The van der Waals surface area contributed by atoms with E-state index in [0.717, 1.165) is 52.2 Å². The van der Waals surface area contributed by atoms with E-state index in [9.17, 15) is 10.1 Å². The van der Waals surface area contributed by atoms with Gasteiger partial charge < -0.3 is 10.1 Å². The molecule has 1 aromatic carbocycles. The van der Waals surface area contributed by atoms with Crippen LogP contribution in [0.2, 0.25) is 0 Å². The zero-order valence-corrected chi connectivity index (χ0v) is 13.0. The first kappa shape index (κ1) is 16.7. The molecule has 0 spiro atoms. The van der Waals surface area contributed by atoms with Crippen LogP contribution in [0.25, 0.3) is 0 Å². The summed E-state index contributed by atoms with van der Waals surface area (Å²) in [6, 6.07) is 6.80. The van der Waals surface area contributed by atoms with Crippen LogP contribution in [0.4, 0.5) is 11.4 Å². The highest BCUT2D eigenvalue weighted by atomic mass is 16.6. The number of benzene rings is 1. The van der Waals surface area contributed by atoms with Gasteiger partial charge >= 0.3 is 0 Å². The molecule has 1 heterocycles. The summed E-state index contributed by atoms with van der Waals surface area (Å²) in [5.74, 6) is 0. The molecule has 0 saturated carbocycles. The fraction of sp³-hybridized carbons (Fsp3) is 0.625. The maximum absolute atomic E-state index is 10.9. The first-order valence-corrected chi connectivity index (χ1v) is 8.05. The van der Waals surface area contributed by atoms with Crippen molar-refractivity contribution in [1.29, 1.82) is 0 Å². The predicted octanol–water partition coefficient (Wildman–Crippen LogP) is 2.90. The average molecular weight is 307 g/mol. The van der Waals surface area contributed by atoms with Gasteiger partial charge in [0.05, 0.1) is 18.1 Å². The molecule has 0 atom stereocenters. The summed E-state index contributed by atoms with van der Waals surface area (Å²) >= 11 is 0. The number of nitrogens with zero attached hydrogens (tertiary/aromatic N) is 2. The smallest absolute Gasteiger partial charge is 0.292 e. The molecule has 0 amide bonds. The van der Waals surface area contributed by atoms with E-state index in [2.05, 4.69) is 10.2 Å². The molecule has 1 aliphatic heterocycles. The molecule has 1 N–H and O–H groups in total. The van der Waals surface area contributed by atoms with Crippen LogP contribution in [0.5, 0.6) is 0 Å². The summed E-state index contributed by atoms with van der Waals surface area (Å²) in [7, 11) is 0. The highest BCUT2D eigenvalue weighted by Gasteiger charge is 2.11. The largest absolute Gasteiger partial charge is 0.379 e. The summed E-state index contributed by atoms with van der Waals surface area (Å²) in [6.07, 6.45) is 4.61. The molecule has 1 aliphatic rings. The Kier molecular flexibility index (Phi) is 7.12. The maximum atomic E-state index is 10.9. The fourth-order valence-corrected chi connectivity index (χ4v) is 2.64. The highest BCUT2D eigenvalue weighted by molar-refractivity contribution is 5.60. The van der Waals surface area contributed by atoms with Crippen LogP contribution >= 0.6 is 0 Å². The fourth-order valence-electron chi connectivity index (χ4n) is 2.64. The molecule has 0 aliphatic carbocycles. The van der Waals surface area contributed by atoms with Gasteiger partial charge in [-0.05, 0) is 25.5 Å². The van der Waals surface area contributed by atoms with Crippen molar-refractivity contribution in [3.05, 3.63) is 34.4 Å². The normalized spacial score (nSPS) is 15.6. The zero-order chi connectivity index (χ0) is 15.6. The molecular formula is C16H25N3O3. The van der Waals surface area contributed by atoms with Gasteiger partial charge in [-0.2, -0.15) is 0 Å². The van der Waals surface area contributed by atoms with Crippen molar-refractivity contribution in [2.75, 3.05) is 44.7 Å². The Morgan fingerprint density at radius 2 is 1.86 bits per heavy atom. The van der Waals surface area contributed by atoms with Crippen LogP contribution in [-0.4, -0.2) is 49.2 Å². The lowest BCUT2D eigenvalue weighted by atomic mass is 10.1. The van der Waals surface area contributed by atoms with E-state index in [0.29, 0.717) is 5.69 Å². The predicted molar refractivity (Wildman–Crippen MR) is 87.3 cm³/mol. The molecule has 0 unspecified atom stereocenters. The SMILES string of the molecule is O=[N+]([O-])c1ccccc1NCCCCCCN1CCOCC1. The van der Waals surface area contributed by atoms with Crippen molar-refractivity contribution in [3.63, 3.8) is 0 Å². The number of nitro groups is 1. The van der Waals surface area contributed by atoms with Gasteiger partial charge in [0.15, 0.2) is 0 Å². The van der Waals surface area contributed by atoms with Gasteiger partial charge in [0.25, 0.3) is 5.69 Å². The summed E-state index contributed by atoms with van der Waals surface area (Å²) in [4.78, 5) is 13.0. The van der Waals surface area contributed by atoms with Crippen LogP contribution < -0.4 is 5.32 Å². The minimum Gasteiger partial charge on any atom is -0.379 e. The molecule has 1 saturated heterocycles. The quantitative estimate of drug-likeness (QED) is 0.431. The van der Waals surface area contributed by atoms with Gasteiger partial charge in [0.1, 0.15) is 5.69 Å².